The maximum absolute atomic E-state index is 9.78. The van der Waals surface area contributed by atoms with Crippen LogP contribution in [0.3, 0.4) is 0 Å². The first-order valence-corrected chi connectivity index (χ1v) is 7.67. The van der Waals surface area contributed by atoms with E-state index in [2.05, 4.69) is 4.99 Å². The summed E-state index contributed by atoms with van der Waals surface area (Å²) in [6.07, 6.45) is 1.56. The van der Waals surface area contributed by atoms with E-state index in [1.807, 2.05) is 19.1 Å². The smallest absolute Gasteiger partial charge is 0.145 e. The van der Waals surface area contributed by atoms with Crippen molar-refractivity contribution in [3.8, 4) is 17.1 Å². The molecule has 3 rings (SSSR count). The number of hydrogen-bond donors (Lipinski definition) is 1. The van der Waals surface area contributed by atoms with Gasteiger partial charge in [0.05, 0.1) is 11.2 Å². The highest BCUT2D eigenvalue weighted by Gasteiger charge is 2.08. The van der Waals surface area contributed by atoms with Crippen LogP contribution in [0.1, 0.15) is 11.3 Å². The number of halogens is 2. The number of hydrogen-bond acceptors (Lipinski definition) is 3. The zero-order valence-electron chi connectivity index (χ0n) is 12.3. The van der Waals surface area contributed by atoms with Gasteiger partial charge >= 0.3 is 0 Å². The van der Waals surface area contributed by atoms with Crippen LogP contribution in [0.25, 0.3) is 11.3 Å². The Labute approximate surface area is 143 Å². The highest BCUT2D eigenvalue weighted by atomic mass is 35.5. The summed E-state index contributed by atoms with van der Waals surface area (Å²) in [5.74, 6) is 1.31. The molecule has 1 N–H and O–H groups in total. The molecule has 23 heavy (non-hydrogen) atoms. The van der Waals surface area contributed by atoms with Gasteiger partial charge in [-0.15, -0.1) is 0 Å². The van der Waals surface area contributed by atoms with Crippen molar-refractivity contribution >= 4 is 35.1 Å². The van der Waals surface area contributed by atoms with Gasteiger partial charge < -0.3 is 9.52 Å². The number of phenols is 1. The van der Waals surface area contributed by atoms with Gasteiger partial charge in [-0.3, -0.25) is 0 Å². The van der Waals surface area contributed by atoms with Crippen LogP contribution in [0.2, 0.25) is 10.0 Å². The number of furan rings is 1. The van der Waals surface area contributed by atoms with Crippen molar-refractivity contribution in [3.05, 3.63) is 69.9 Å². The van der Waals surface area contributed by atoms with Crippen LogP contribution < -0.4 is 0 Å². The lowest BCUT2D eigenvalue weighted by molar-refractivity contribution is 0.477. The van der Waals surface area contributed by atoms with Crippen molar-refractivity contribution in [2.75, 3.05) is 0 Å². The van der Waals surface area contributed by atoms with Crippen LogP contribution in [0.15, 0.2) is 57.9 Å². The van der Waals surface area contributed by atoms with Crippen LogP contribution in [0.5, 0.6) is 5.75 Å². The molecule has 0 fully saturated rings. The molecule has 1 heterocycles. The molecule has 1 aromatic heterocycles. The molecule has 0 unspecified atom stereocenters. The maximum atomic E-state index is 9.78. The average Bonchev–Trinajstić information content (AvgIpc) is 2.97. The Bertz CT molecular complexity index is 884. The molecule has 0 atom stereocenters. The topological polar surface area (TPSA) is 45.7 Å². The van der Waals surface area contributed by atoms with E-state index >= 15 is 0 Å². The zero-order chi connectivity index (χ0) is 16.4. The summed E-state index contributed by atoms with van der Waals surface area (Å²) in [5.41, 5.74) is 2.27. The van der Waals surface area contributed by atoms with Gasteiger partial charge in [0.25, 0.3) is 0 Å². The minimum Gasteiger partial charge on any atom is -0.506 e. The summed E-state index contributed by atoms with van der Waals surface area (Å²) in [7, 11) is 0. The summed E-state index contributed by atoms with van der Waals surface area (Å²) in [5, 5.41) is 10.9. The molecule has 0 saturated carbocycles. The Hall–Kier alpha value is -2.23. The van der Waals surface area contributed by atoms with E-state index in [1.165, 1.54) is 0 Å². The van der Waals surface area contributed by atoms with Crippen molar-refractivity contribution in [2.45, 2.75) is 6.92 Å². The quantitative estimate of drug-likeness (QED) is 0.590. The van der Waals surface area contributed by atoms with E-state index < -0.39 is 0 Å². The molecular formula is C18H13Cl2NO2. The maximum Gasteiger partial charge on any atom is 0.145 e. The van der Waals surface area contributed by atoms with E-state index in [4.69, 9.17) is 27.6 Å². The second-order valence-corrected chi connectivity index (χ2v) is 5.92. The first-order valence-electron chi connectivity index (χ1n) is 6.92. The van der Waals surface area contributed by atoms with Crippen LogP contribution in [0, 0.1) is 6.92 Å². The molecule has 0 aliphatic heterocycles. The van der Waals surface area contributed by atoms with Gasteiger partial charge in [-0.2, -0.15) is 0 Å². The lowest BCUT2D eigenvalue weighted by Gasteiger charge is -2.01. The number of benzene rings is 2. The summed E-state index contributed by atoms with van der Waals surface area (Å²) >= 11 is 12.1. The Morgan fingerprint density at radius 1 is 1.04 bits per heavy atom. The number of phenolic OH excluding ortho intramolecular Hbond substituents is 1. The van der Waals surface area contributed by atoms with E-state index in [0.717, 1.165) is 11.1 Å². The minimum absolute atomic E-state index is 0.124. The first-order chi connectivity index (χ1) is 11.0. The second kappa shape index (κ2) is 6.49. The molecule has 0 bridgehead atoms. The predicted octanol–water partition coefficient (Wildman–Crippen LogP) is 6.02. The van der Waals surface area contributed by atoms with Crippen molar-refractivity contribution in [1.82, 2.24) is 0 Å². The molecule has 0 radical (unpaired) electrons. The largest absolute Gasteiger partial charge is 0.506 e. The molecule has 116 valence electrons. The summed E-state index contributed by atoms with van der Waals surface area (Å²) in [4.78, 5) is 4.26. The van der Waals surface area contributed by atoms with Gasteiger partial charge in [-0.05, 0) is 55.0 Å². The molecular weight excluding hydrogens is 333 g/mol. The molecule has 0 aliphatic rings. The van der Waals surface area contributed by atoms with Crippen LogP contribution in [-0.2, 0) is 0 Å². The standard InChI is InChI=1S/C18H13Cl2NO2/c1-11-2-6-17(22)16(8-11)21-10-13-4-7-18(23-13)14-5-3-12(19)9-15(14)20/h2-10,22H,1H3. The molecule has 0 spiro atoms. The van der Waals surface area contributed by atoms with E-state index in [-0.39, 0.29) is 5.75 Å². The van der Waals surface area contributed by atoms with Gasteiger partial charge in [0.2, 0.25) is 0 Å². The predicted molar refractivity (Wildman–Crippen MR) is 94.3 cm³/mol. The third-order valence-electron chi connectivity index (χ3n) is 3.29. The van der Waals surface area contributed by atoms with Crippen LogP contribution >= 0.6 is 23.2 Å². The highest BCUT2D eigenvalue weighted by molar-refractivity contribution is 6.36. The Kier molecular flexibility index (Phi) is 4.42. The van der Waals surface area contributed by atoms with E-state index in [1.54, 1.807) is 42.6 Å². The third-order valence-corrected chi connectivity index (χ3v) is 3.83. The molecule has 0 aliphatic carbocycles. The Morgan fingerprint density at radius 3 is 2.65 bits per heavy atom. The molecule has 3 nitrogen and oxygen atoms in total. The van der Waals surface area contributed by atoms with Gasteiger partial charge in [-0.25, -0.2) is 4.99 Å². The lowest BCUT2D eigenvalue weighted by atomic mass is 10.2. The summed E-state index contributed by atoms with van der Waals surface area (Å²) in [6.45, 7) is 1.94. The highest BCUT2D eigenvalue weighted by Crippen LogP contribution is 2.32. The number of aromatic hydroxyl groups is 1. The van der Waals surface area contributed by atoms with Crippen LogP contribution in [-0.4, -0.2) is 11.3 Å². The fourth-order valence-electron chi connectivity index (χ4n) is 2.13. The van der Waals surface area contributed by atoms with Crippen molar-refractivity contribution in [2.24, 2.45) is 4.99 Å². The number of aliphatic imine (C=N–C) groups is 1. The van der Waals surface area contributed by atoms with Crippen molar-refractivity contribution in [3.63, 3.8) is 0 Å². The third kappa shape index (κ3) is 3.58. The Balaban J connectivity index is 1.87. The van der Waals surface area contributed by atoms with E-state index in [9.17, 15) is 5.11 Å². The zero-order valence-corrected chi connectivity index (χ0v) is 13.8. The first kappa shape index (κ1) is 15.7. The van der Waals surface area contributed by atoms with Gasteiger partial charge in [0.15, 0.2) is 0 Å². The second-order valence-electron chi connectivity index (χ2n) is 5.08. The number of nitrogens with zero attached hydrogens (tertiary/aromatic N) is 1. The van der Waals surface area contributed by atoms with Crippen LogP contribution in [0.4, 0.5) is 5.69 Å². The fourth-order valence-corrected chi connectivity index (χ4v) is 2.63. The molecule has 3 aromatic rings. The van der Waals surface area contributed by atoms with Gasteiger partial charge in [0, 0.05) is 10.6 Å². The average molecular weight is 346 g/mol. The van der Waals surface area contributed by atoms with Gasteiger partial charge in [-0.1, -0.05) is 29.3 Å². The fraction of sp³-hybridized carbons (Fsp3) is 0.0556. The number of rotatable bonds is 3. The summed E-state index contributed by atoms with van der Waals surface area (Å²) in [6, 6.07) is 14.1. The molecule has 2 aromatic carbocycles. The minimum atomic E-state index is 0.124. The van der Waals surface area contributed by atoms with Crippen molar-refractivity contribution in [1.29, 1.82) is 0 Å². The lowest BCUT2D eigenvalue weighted by Crippen LogP contribution is -1.78. The SMILES string of the molecule is Cc1ccc(O)c(N=Cc2ccc(-c3ccc(Cl)cc3Cl)o2)c1. The van der Waals surface area contributed by atoms with Gasteiger partial charge in [0.1, 0.15) is 23.0 Å². The monoisotopic (exact) mass is 345 g/mol. The number of aryl methyl sites for hydroxylation is 1. The molecule has 5 heteroatoms. The van der Waals surface area contributed by atoms with E-state index in [0.29, 0.717) is 27.3 Å². The molecule has 0 saturated heterocycles. The Morgan fingerprint density at radius 2 is 1.87 bits per heavy atom. The summed E-state index contributed by atoms with van der Waals surface area (Å²) < 4.78 is 5.72. The normalized spacial score (nSPS) is 11.3. The van der Waals surface area contributed by atoms with Crippen molar-refractivity contribution < 1.29 is 9.52 Å². The molecule has 0 amide bonds.